The van der Waals surface area contributed by atoms with E-state index in [2.05, 4.69) is 10.3 Å². The number of esters is 1. The van der Waals surface area contributed by atoms with Gasteiger partial charge in [-0.3, -0.25) is 4.79 Å². The predicted octanol–water partition coefficient (Wildman–Crippen LogP) is 2.89. The molecule has 29 heavy (non-hydrogen) atoms. The average Bonchev–Trinajstić information content (AvgIpc) is 3.00. The Hall–Kier alpha value is -2.30. The zero-order valence-electron chi connectivity index (χ0n) is 17.1. The molecule has 0 fully saturated rings. The van der Waals surface area contributed by atoms with Gasteiger partial charge in [-0.05, 0) is 38.5 Å². The number of carbonyl (C=O) groups is 2. The Labute approximate surface area is 175 Å². The van der Waals surface area contributed by atoms with Crippen LogP contribution in [0.15, 0.2) is 23.1 Å². The van der Waals surface area contributed by atoms with E-state index in [1.54, 1.807) is 46.8 Å². The predicted molar refractivity (Wildman–Crippen MR) is 112 cm³/mol. The third-order valence-corrected chi connectivity index (χ3v) is 7.46. The van der Waals surface area contributed by atoms with E-state index in [4.69, 9.17) is 4.74 Å². The first kappa shape index (κ1) is 23.0. The van der Waals surface area contributed by atoms with E-state index in [1.807, 2.05) is 0 Å². The fourth-order valence-corrected chi connectivity index (χ4v) is 5.30. The smallest absolute Gasteiger partial charge is 0.350 e. The summed E-state index contributed by atoms with van der Waals surface area (Å²) in [4.78, 5) is 28.9. The number of hydrogen-bond acceptors (Lipinski definition) is 7. The second-order valence-electron chi connectivity index (χ2n) is 6.34. The Kier molecular flexibility index (Phi) is 7.50. The van der Waals surface area contributed by atoms with E-state index < -0.39 is 28.5 Å². The summed E-state index contributed by atoms with van der Waals surface area (Å²) in [5, 5.41) is 3.31. The van der Waals surface area contributed by atoms with Gasteiger partial charge in [0, 0.05) is 18.8 Å². The number of nitrogens with one attached hydrogen (secondary N) is 1. The number of ether oxygens (including phenoxy) is 1. The van der Waals surface area contributed by atoms with Crippen LogP contribution in [-0.2, 0) is 19.6 Å². The number of rotatable bonds is 8. The van der Waals surface area contributed by atoms with Gasteiger partial charge in [0.15, 0.2) is 6.61 Å². The molecule has 0 spiro atoms. The SMILES string of the molecule is CCN(CC)S(=O)(=O)c1cc(NC(=O)COC(=O)c2sc(C)nc2C)ccc1C. The van der Waals surface area contributed by atoms with E-state index in [0.717, 1.165) is 5.01 Å². The number of carbonyl (C=O) groups excluding carboxylic acids is 2. The number of sulfonamides is 1. The van der Waals surface area contributed by atoms with Crippen LogP contribution >= 0.6 is 11.3 Å². The highest BCUT2D eigenvalue weighted by Gasteiger charge is 2.24. The van der Waals surface area contributed by atoms with Gasteiger partial charge in [0.2, 0.25) is 10.0 Å². The Balaban J connectivity index is 2.09. The number of hydrogen-bond donors (Lipinski definition) is 1. The molecule has 2 aromatic rings. The lowest BCUT2D eigenvalue weighted by molar-refractivity contribution is -0.119. The maximum Gasteiger partial charge on any atom is 0.350 e. The van der Waals surface area contributed by atoms with Crippen molar-refractivity contribution in [3.8, 4) is 0 Å². The lowest BCUT2D eigenvalue weighted by Crippen LogP contribution is -2.31. The summed E-state index contributed by atoms with van der Waals surface area (Å²) in [7, 11) is -3.66. The van der Waals surface area contributed by atoms with Crippen LogP contribution in [0.2, 0.25) is 0 Å². The van der Waals surface area contributed by atoms with Crippen molar-refractivity contribution in [1.29, 1.82) is 0 Å². The number of benzene rings is 1. The minimum atomic E-state index is -3.66. The van der Waals surface area contributed by atoms with Gasteiger partial charge in [-0.25, -0.2) is 18.2 Å². The summed E-state index contributed by atoms with van der Waals surface area (Å²) in [6.07, 6.45) is 0. The minimum absolute atomic E-state index is 0.131. The van der Waals surface area contributed by atoms with Gasteiger partial charge in [-0.15, -0.1) is 11.3 Å². The van der Waals surface area contributed by atoms with Crippen LogP contribution in [0.25, 0.3) is 0 Å². The lowest BCUT2D eigenvalue weighted by atomic mass is 10.2. The molecular formula is C19H25N3O5S2. The van der Waals surface area contributed by atoms with Crippen molar-refractivity contribution in [3.63, 3.8) is 0 Å². The molecule has 1 heterocycles. The zero-order valence-corrected chi connectivity index (χ0v) is 18.7. The summed E-state index contributed by atoms with van der Waals surface area (Å²) in [5.41, 5.74) is 1.45. The third kappa shape index (κ3) is 5.40. The molecule has 0 atom stereocenters. The molecule has 0 saturated carbocycles. The summed E-state index contributed by atoms with van der Waals surface area (Å²) < 4.78 is 32.0. The van der Waals surface area contributed by atoms with Crippen molar-refractivity contribution >= 4 is 38.9 Å². The van der Waals surface area contributed by atoms with Crippen LogP contribution in [0.5, 0.6) is 0 Å². The van der Waals surface area contributed by atoms with Crippen LogP contribution in [0.4, 0.5) is 5.69 Å². The van der Waals surface area contributed by atoms with Crippen molar-refractivity contribution in [2.75, 3.05) is 25.0 Å². The normalized spacial score (nSPS) is 11.5. The highest BCUT2D eigenvalue weighted by Crippen LogP contribution is 2.24. The van der Waals surface area contributed by atoms with E-state index in [0.29, 0.717) is 34.9 Å². The topological polar surface area (TPSA) is 106 Å². The van der Waals surface area contributed by atoms with Crippen molar-refractivity contribution in [1.82, 2.24) is 9.29 Å². The molecule has 0 unspecified atom stereocenters. The fraction of sp³-hybridized carbons (Fsp3) is 0.421. The molecule has 1 amide bonds. The molecule has 0 aliphatic rings. The average molecular weight is 440 g/mol. The Morgan fingerprint density at radius 2 is 1.83 bits per heavy atom. The van der Waals surface area contributed by atoms with Crippen LogP contribution in [-0.4, -0.2) is 49.3 Å². The van der Waals surface area contributed by atoms with Crippen molar-refractivity contribution < 1.29 is 22.7 Å². The first-order chi connectivity index (χ1) is 13.6. The summed E-state index contributed by atoms with van der Waals surface area (Å²) in [5.74, 6) is -1.18. The van der Waals surface area contributed by atoms with Crippen LogP contribution in [0.1, 0.15) is 39.8 Å². The molecule has 8 nitrogen and oxygen atoms in total. The highest BCUT2D eigenvalue weighted by atomic mass is 32.2. The van der Waals surface area contributed by atoms with Crippen LogP contribution < -0.4 is 5.32 Å². The Bertz CT molecular complexity index is 1010. The van der Waals surface area contributed by atoms with Crippen LogP contribution in [0, 0.1) is 20.8 Å². The molecule has 1 N–H and O–H groups in total. The number of amides is 1. The number of thiazole rings is 1. The lowest BCUT2D eigenvalue weighted by Gasteiger charge is -2.20. The Morgan fingerprint density at radius 3 is 2.38 bits per heavy atom. The van der Waals surface area contributed by atoms with Gasteiger partial charge in [0.25, 0.3) is 5.91 Å². The van der Waals surface area contributed by atoms with Gasteiger partial charge in [0.1, 0.15) is 4.88 Å². The molecule has 10 heteroatoms. The third-order valence-electron chi connectivity index (χ3n) is 4.22. The van der Waals surface area contributed by atoms with Gasteiger partial charge in [-0.2, -0.15) is 4.31 Å². The molecule has 0 aliphatic heterocycles. The molecule has 1 aromatic carbocycles. The molecule has 0 radical (unpaired) electrons. The van der Waals surface area contributed by atoms with Gasteiger partial charge in [0.05, 0.1) is 15.6 Å². The standard InChI is InChI=1S/C19H25N3O5S2/c1-6-22(7-2)29(25,26)16-10-15(9-8-12(16)3)21-17(23)11-27-19(24)18-13(4)20-14(5)28-18/h8-10H,6-7,11H2,1-5H3,(H,21,23). The first-order valence-electron chi connectivity index (χ1n) is 9.11. The number of aryl methyl sites for hydroxylation is 3. The van der Waals surface area contributed by atoms with E-state index in [1.165, 1.54) is 21.7 Å². The summed E-state index contributed by atoms with van der Waals surface area (Å²) in [6, 6.07) is 4.65. The number of nitrogens with zero attached hydrogens (tertiary/aromatic N) is 2. The highest BCUT2D eigenvalue weighted by molar-refractivity contribution is 7.89. The molecule has 2 rings (SSSR count). The van der Waals surface area contributed by atoms with E-state index >= 15 is 0 Å². The first-order valence-corrected chi connectivity index (χ1v) is 11.4. The molecule has 0 bridgehead atoms. The molecule has 158 valence electrons. The fourth-order valence-electron chi connectivity index (χ4n) is 2.77. The monoisotopic (exact) mass is 439 g/mol. The van der Waals surface area contributed by atoms with Crippen molar-refractivity contribution in [2.45, 2.75) is 39.5 Å². The molecular weight excluding hydrogens is 414 g/mol. The summed E-state index contributed by atoms with van der Waals surface area (Å²) >= 11 is 1.20. The number of aromatic nitrogens is 1. The summed E-state index contributed by atoms with van der Waals surface area (Å²) in [6.45, 7) is 8.92. The van der Waals surface area contributed by atoms with Gasteiger partial charge >= 0.3 is 5.97 Å². The number of anilines is 1. The van der Waals surface area contributed by atoms with Gasteiger partial charge < -0.3 is 10.1 Å². The van der Waals surface area contributed by atoms with E-state index in [9.17, 15) is 18.0 Å². The van der Waals surface area contributed by atoms with Crippen LogP contribution in [0.3, 0.4) is 0 Å². The van der Waals surface area contributed by atoms with Crippen molar-refractivity contribution in [2.24, 2.45) is 0 Å². The largest absolute Gasteiger partial charge is 0.451 e. The second kappa shape index (κ2) is 9.47. The minimum Gasteiger partial charge on any atom is -0.451 e. The van der Waals surface area contributed by atoms with Gasteiger partial charge in [-0.1, -0.05) is 19.9 Å². The maximum atomic E-state index is 12.8. The second-order valence-corrected chi connectivity index (χ2v) is 9.45. The van der Waals surface area contributed by atoms with Crippen molar-refractivity contribution in [3.05, 3.63) is 39.3 Å². The Morgan fingerprint density at radius 1 is 1.17 bits per heavy atom. The zero-order chi connectivity index (χ0) is 21.8. The molecule has 1 aromatic heterocycles. The quantitative estimate of drug-likeness (QED) is 0.634. The van der Waals surface area contributed by atoms with E-state index in [-0.39, 0.29) is 4.90 Å². The molecule has 0 saturated heterocycles. The molecule has 0 aliphatic carbocycles. The maximum absolute atomic E-state index is 12.8.